The fourth-order valence-electron chi connectivity index (χ4n) is 2.02. The first-order valence-electron chi connectivity index (χ1n) is 5.24. The highest BCUT2D eigenvalue weighted by molar-refractivity contribution is 5.14. The molecule has 1 atom stereocenters. The van der Waals surface area contributed by atoms with Crippen LogP contribution in [0.2, 0.25) is 0 Å². The van der Waals surface area contributed by atoms with E-state index in [2.05, 4.69) is 15.5 Å². The SMILES string of the molecule is Cc1c(CCC2CCNC2)[nH][nH]c1=O. The number of hydrogen-bond acceptors (Lipinski definition) is 2. The third-order valence-corrected chi connectivity index (χ3v) is 3.09. The predicted molar refractivity (Wildman–Crippen MR) is 55.4 cm³/mol. The van der Waals surface area contributed by atoms with Gasteiger partial charge in [-0.25, -0.2) is 0 Å². The Morgan fingerprint density at radius 3 is 2.86 bits per heavy atom. The van der Waals surface area contributed by atoms with Crippen LogP contribution in [0.1, 0.15) is 24.1 Å². The fourth-order valence-corrected chi connectivity index (χ4v) is 2.02. The zero-order valence-corrected chi connectivity index (χ0v) is 8.52. The molecular formula is C10H17N3O. The first kappa shape index (κ1) is 9.52. The molecule has 3 N–H and O–H groups in total. The predicted octanol–water partition coefficient (Wildman–Crippen LogP) is 0.554. The molecule has 0 bridgehead atoms. The second-order valence-electron chi connectivity index (χ2n) is 4.08. The van der Waals surface area contributed by atoms with E-state index >= 15 is 0 Å². The molecule has 0 radical (unpaired) electrons. The van der Waals surface area contributed by atoms with Gasteiger partial charge in [0.2, 0.25) is 0 Å². The van der Waals surface area contributed by atoms with Crippen molar-refractivity contribution >= 4 is 0 Å². The molecule has 2 rings (SSSR count). The van der Waals surface area contributed by atoms with Crippen LogP contribution in [0.25, 0.3) is 0 Å². The van der Waals surface area contributed by atoms with Crippen LogP contribution in [0.5, 0.6) is 0 Å². The molecule has 0 aliphatic carbocycles. The van der Waals surface area contributed by atoms with Crippen molar-refractivity contribution in [2.24, 2.45) is 5.92 Å². The summed E-state index contributed by atoms with van der Waals surface area (Å²) >= 11 is 0. The molecular weight excluding hydrogens is 178 g/mol. The van der Waals surface area contributed by atoms with Crippen molar-refractivity contribution in [1.82, 2.24) is 15.5 Å². The monoisotopic (exact) mass is 195 g/mol. The number of aryl methyl sites for hydroxylation is 1. The van der Waals surface area contributed by atoms with Crippen molar-refractivity contribution in [2.75, 3.05) is 13.1 Å². The molecule has 1 fully saturated rings. The van der Waals surface area contributed by atoms with E-state index in [-0.39, 0.29) is 5.56 Å². The van der Waals surface area contributed by atoms with Gasteiger partial charge in [-0.3, -0.25) is 9.89 Å². The van der Waals surface area contributed by atoms with E-state index in [1.165, 1.54) is 12.8 Å². The number of aromatic nitrogens is 2. The van der Waals surface area contributed by atoms with Crippen molar-refractivity contribution in [1.29, 1.82) is 0 Å². The van der Waals surface area contributed by atoms with E-state index in [1.54, 1.807) is 0 Å². The standard InChI is InChI=1S/C10H17N3O/c1-7-9(12-13-10(7)14)3-2-8-4-5-11-6-8/h8,11H,2-6H2,1H3,(H2,12,13,14). The molecule has 2 heterocycles. The molecule has 1 aromatic rings. The van der Waals surface area contributed by atoms with Gasteiger partial charge in [-0.15, -0.1) is 0 Å². The van der Waals surface area contributed by atoms with Gasteiger partial charge in [0.05, 0.1) is 0 Å². The molecule has 0 aromatic carbocycles. The lowest BCUT2D eigenvalue weighted by Gasteiger charge is -2.06. The van der Waals surface area contributed by atoms with Crippen LogP contribution in [-0.4, -0.2) is 23.3 Å². The van der Waals surface area contributed by atoms with Crippen LogP contribution in [-0.2, 0) is 6.42 Å². The van der Waals surface area contributed by atoms with E-state index in [0.29, 0.717) is 0 Å². The topological polar surface area (TPSA) is 60.7 Å². The first-order chi connectivity index (χ1) is 6.77. The summed E-state index contributed by atoms with van der Waals surface area (Å²) in [7, 11) is 0. The van der Waals surface area contributed by atoms with Crippen molar-refractivity contribution in [3.63, 3.8) is 0 Å². The maximum absolute atomic E-state index is 11.1. The van der Waals surface area contributed by atoms with Crippen molar-refractivity contribution < 1.29 is 0 Å². The minimum atomic E-state index is 0.0181. The lowest BCUT2D eigenvalue weighted by molar-refractivity contribution is 0.528. The largest absolute Gasteiger partial charge is 0.316 e. The van der Waals surface area contributed by atoms with Gasteiger partial charge in [0.15, 0.2) is 0 Å². The molecule has 0 saturated carbocycles. The molecule has 14 heavy (non-hydrogen) atoms. The van der Waals surface area contributed by atoms with Gasteiger partial charge in [0.1, 0.15) is 0 Å². The summed E-state index contributed by atoms with van der Waals surface area (Å²) in [6.45, 7) is 4.15. The molecule has 1 aliphatic heterocycles. The average molecular weight is 195 g/mol. The van der Waals surface area contributed by atoms with Crippen LogP contribution in [0.4, 0.5) is 0 Å². The number of rotatable bonds is 3. The van der Waals surface area contributed by atoms with Crippen molar-refractivity contribution in [2.45, 2.75) is 26.2 Å². The van der Waals surface area contributed by atoms with E-state index in [4.69, 9.17) is 0 Å². The molecule has 4 nitrogen and oxygen atoms in total. The van der Waals surface area contributed by atoms with Gasteiger partial charge in [-0.1, -0.05) is 0 Å². The summed E-state index contributed by atoms with van der Waals surface area (Å²) < 4.78 is 0. The third kappa shape index (κ3) is 1.90. The van der Waals surface area contributed by atoms with Crippen LogP contribution in [0.3, 0.4) is 0 Å². The maximum Gasteiger partial charge on any atom is 0.267 e. The smallest absolute Gasteiger partial charge is 0.267 e. The van der Waals surface area contributed by atoms with Gasteiger partial charge in [-0.05, 0) is 45.2 Å². The van der Waals surface area contributed by atoms with E-state index in [9.17, 15) is 4.79 Å². The Hall–Kier alpha value is -1.03. The Morgan fingerprint density at radius 1 is 1.43 bits per heavy atom. The van der Waals surface area contributed by atoms with Gasteiger partial charge in [-0.2, -0.15) is 0 Å². The zero-order chi connectivity index (χ0) is 9.97. The minimum absolute atomic E-state index is 0.0181. The number of H-pyrrole nitrogens is 2. The fraction of sp³-hybridized carbons (Fsp3) is 0.700. The molecule has 0 spiro atoms. The summed E-state index contributed by atoms with van der Waals surface area (Å²) in [6, 6.07) is 0. The van der Waals surface area contributed by atoms with E-state index in [1.807, 2.05) is 6.92 Å². The van der Waals surface area contributed by atoms with E-state index < -0.39 is 0 Å². The van der Waals surface area contributed by atoms with Crippen LogP contribution in [0, 0.1) is 12.8 Å². The van der Waals surface area contributed by atoms with Gasteiger partial charge in [0.25, 0.3) is 5.56 Å². The van der Waals surface area contributed by atoms with Gasteiger partial charge >= 0.3 is 0 Å². The third-order valence-electron chi connectivity index (χ3n) is 3.09. The quantitative estimate of drug-likeness (QED) is 0.659. The van der Waals surface area contributed by atoms with Gasteiger partial charge in [0, 0.05) is 11.3 Å². The van der Waals surface area contributed by atoms with Crippen LogP contribution >= 0.6 is 0 Å². The molecule has 1 aromatic heterocycles. The summed E-state index contributed by atoms with van der Waals surface area (Å²) in [5, 5.41) is 8.90. The first-order valence-corrected chi connectivity index (χ1v) is 5.24. The Morgan fingerprint density at radius 2 is 2.29 bits per heavy atom. The van der Waals surface area contributed by atoms with Crippen LogP contribution < -0.4 is 10.9 Å². The number of aromatic amines is 2. The summed E-state index contributed by atoms with van der Waals surface area (Å²) in [4.78, 5) is 11.1. The summed E-state index contributed by atoms with van der Waals surface area (Å²) in [5.41, 5.74) is 1.93. The zero-order valence-electron chi connectivity index (χ0n) is 8.52. The summed E-state index contributed by atoms with van der Waals surface area (Å²) in [6.07, 6.45) is 3.42. The van der Waals surface area contributed by atoms with Crippen molar-refractivity contribution in [3.05, 3.63) is 21.6 Å². The molecule has 78 valence electrons. The highest BCUT2D eigenvalue weighted by atomic mass is 16.1. The maximum atomic E-state index is 11.1. The Labute approximate surface area is 83.1 Å². The van der Waals surface area contributed by atoms with Crippen molar-refractivity contribution in [3.8, 4) is 0 Å². The minimum Gasteiger partial charge on any atom is -0.316 e. The number of nitrogens with one attached hydrogen (secondary N) is 3. The lowest BCUT2D eigenvalue weighted by atomic mass is 10.0. The lowest BCUT2D eigenvalue weighted by Crippen LogP contribution is -2.10. The Bertz CT molecular complexity index is 346. The van der Waals surface area contributed by atoms with Crippen LogP contribution in [0.15, 0.2) is 4.79 Å². The molecule has 0 amide bonds. The van der Waals surface area contributed by atoms with Gasteiger partial charge < -0.3 is 10.4 Å². The molecule has 1 unspecified atom stereocenters. The highest BCUT2D eigenvalue weighted by Crippen LogP contribution is 2.15. The second-order valence-corrected chi connectivity index (χ2v) is 4.08. The highest BCUT2D eigenvalue weighted by Gasteiger charge is 2.15. The second kappa shape index (κ2) is 4.00. The summed E-state index contributed by atoms with van der Waals surface area (Å²) in [5.74, 6) is 0.785. The normalized spacial score (nSPS) is 21.6. The molecule has 1 aliphatic rings. The number of hydrogen-bond donors (Lipinski definition) is 3. The van der Waals surface area contributed by atoms with E-state index in [0.717, 1.165) is 36.7 Å². The Balaban J connectivity index is 1.91. The molecule has 1 saturated heterocycles. The average Bonchev–Trinajstić information content (AvgIpc) is 2.77. The molecule has 4 heteroatoms. The Kier molecular flexibility index (Phi) is 2.72.